The molecule has 2 rings (SSSR count). The molecule has 0 aliphatic carbocycles. The van der Waals surface area contributed by atoms with Crippen molar-refractivity contribution in [2.75, 3.05) is 24.3 Å². The van der Waals surface area contributed by atoms with Gasteiger partial charge in [-0.05, 0) is 58.8 Å². The Kier molecular flexibility index (Phi) is 5.78. The van der Waals surface area contributed by atoms with E-state index < -0.39 is 5.91 Å². The van der Waals surface area contributed by atoms with E-state index in [0.717, 1.165) is 21.3 Å². The average molecular weight is 384 g/mol. The topological polar surface area (TPSA) is 56.1 Å². The van der Waals surface area contributed by atoms with E-state index in [4.69, 9.17) is 0 Å². The number of aryl methyl sites for hydroxylation is 1. The molecule has 24 heavy (non-hydrogen) atoms. The van der Waals surface area contributed by atoms with Gasteiger partial charge < -0.3 is 10.2 Å². The van der Waals surface area contributed by atoms with E-state index in [0.29, 0.717) is 5.69 Å². The van der Waals surface area contributed by atoms with Gasteiger partial charge in [0.15, 0.2) is 0 Å². The number of amides is 1. The molecule has 5 heteroatoms. The lowest BCUT2D eigenvalue weighted by molar-refractivity contribution is -0.112. The summed E-state index contributed by atoms with van der Waals surface area (Å²) in [6, 6.07) is 15.1. The van der Waals surface area contributed by atoms with Crippen molar-refractivity contribution < 1.29 is 4.79 Å². The normalized spacial score (nSPS) is 10.9. The van der Waals surface area contributed by atoms with Crippen LogP contribution in [-0.2, 0) is 4.79 Å². The SMILES string of the molecule is Cc1ccc(NC(=O)/C(C#N)=C\c2ccc(N(C)C)c(Br)c2)cc1. The number of nitriles is 1. The summed E-state index contributed by atoms with van der Waals surface area (Å²) < 4.78 is 0.900. The molecule has 0 radical (unpaired) electrons. The van der Waals surface area contributed by atoms with Crippen LogP contribution in [0.5, 0.6) is 0 Å². The summed E-state index contributed by atoms with van der Waals surface area (Å²) in [6.07, 6.45) is 1.58. The number of anilines is 2. The first-order valence-corrected chi connectivity index (χ1v) is 8.16. The molecule has 0 bridgehead atoms. The van der Waals surface area contributed by atoms with Crippen LogP contribution in [0.25, 0.3) is 6.08 Å². The van der Waals surface area contributed by atoms with Gasteiger partial charge in [-0.25, -0.2) is 0 Å². The first-order valence-electron chi connectivity index (χ1n) is 7.37. The average Bonchev–Trinajstić information content (AvgIpc) is 2.54. The van der Waals surface area contributed by atoms with Gasteiger partial charge >= 0.3 is 0 Å². The van der Waals surface area contributed by atoms with E-state index in [2.05, 4.69) is 21.2 Å². The van der Waals surface area contributed by atoms with Crippen molar-refractivity contribution in [1.82, 2.24) is 0 Å². The number of nitrogens with one attached hydrogen (secondary N) is 1. The molecule has 0 aromatic heterocycles. The molecule has 0 saturated carbocycles. The molecule has 0 saturated heterocycles. The van der Waals surface area contributed by atoms with Gasteiger partial charge in [-0.15, -0.1) is 0 Å². The lowest BCUT2D eigenvalue weighted by Gasteiger charge is -2.14. The van der Waals surface area contributed by atoms with Crippen molar-refractivity contribution in [3.05, 3.63) is 63.6 Å². The monoisotopic (exact) mass is 383 g/mol. The van der Waals surface area contributed by atoms with Gasteiger partial charge in [0.2, 0.25) is 0 Å². The molecular weight excluding hydrogens is 366 g/mol. The highest BCUT2D eigenvalue weighted by atomic mass is 79.9. The van der Waals surface area contributed by atoms with Gasteiger partial charge in [-0.2, -0.15) is 5.26 Å². The minimum Gasteiger partial charge on any atom is -0.377 e. The zero-order chi connectivity index (χ0) is 17.7. The molecule has 0 aliphatic rings. The van der Waals surface area contributed by atoms with Crippen molar-refractivity contribution in [2.45, 2.75) is 6.92 Å². The highest BCUT2D eigenvalue weighted by molar-refractivity contribution is 9.10. The molecule has 2 aromatic carbocycles. The van der Waals surface area contributed by atoms with Crippen molar-refractivity contribution in [3.8, 4) is 6.07 Å². The van der Waals surface area contributed by atoms with Crippen LogP contribution in [-0.4, -0.2) is 20.0 Å². The minimum absolute atomic E-state index is 0.0556. The molecule has 0 fully saturated rings. The molecule has 0 spiro atoms. The quantitative estimate of drug-likeness (QED) is 0.629. The van der Waals surface area contributed by atoms with Crippen LogP contribution in [0.4, 0.5) is 11.4 Å². The molecule has 0 atom stereocenters. The van der Waals surface area contributed by atoms with E-state index >= 15 is 0 Å². The van der Waals surface area contributed by atoms with Gasteiger partial charge in [0.1, 0.15) is 11.6 Å². The molecule has 4 nitrogen and oxygen atoms in total. The highest BCUT2D eigenvalue weighted by Gasteiger charge is 2.10. The van der Waals surface area contributed by atoms with E-state index in [-0.39, 0.29) is 5.57 Å². The summed E-state index contributed by atoms with van der Waals surface area (Å²) in [5.74, 6) is -0.422. The smallest absolute Gasteiger partial charge is 0.266 e. The lowest BCUT2D eigenvalue weighted by atomic mass is 10.1. The first-order chi connectivity index (χ1) is 11.4. The Morgan fingerprint density at radius 3 is 2.42 bits per heavy atom. The third kappa shape index (κ3) is 4.46. The first kappa shape index (κ1) is 17.8. The standard InChI is InChI=1S/C19H18BrN3O/c1-13-4-7-16(8-5-13)22-19(24)15(12-21)10-14-6-9-18(23(2)3)17(20)11-14/h4-11H,1-3H3,(H,22,24)/b15-10-. The summed E-state index contributed by atoms with van der Waals surface area (Å²) in [6.45, 7) is 1.97. The van der Waals surface area contributed by atoms with Crippen molar-refractivity contribution >= 4 is 39.3 Å². The Bertz CT molecular complexity index is 817. The predicted octanol–water partition coefficient (Wildman–Crippen LogP) is 4.37. The summed E-state index contributed by atoms with van der Waals surface area (Å²) in [5.41, 5.74) is 3.63. The highest BCUT2D eigenvalue weighted by Crippen LogP contribution is 2.26. The number of nitrogens with zero attached hydrogens (tertiary/aromatic N) is 2. The van der Waals surface area contributed by atoms with Crippen LogP contribution in [0, 0.1) is 18.3 Å². The van der Waals surface area contributed by atoms with Crippen LogP contribution < -0.4 is 10.2 Å². The summed E-state index contributed by atoms with van der Waals surface area (Å²) in [5, 5.41) is 12.0. The second-order valence-corrected chi connectivity index (χ2v) is 6.45. The number of hydrogen-bond donors (Lipinski definition) is 1. The fourth-order valence-corrected chi connectivity index (χ4v) is 2.88. The molecule has 1 amide bonds. The molecule has 2 aromatic rings. The maximum atomic E-state index is 12.3. The predicted molar refractivity (Wildman–Crippen MR) is 102 cm³/mol. The largest absolute Gasteiger partial charge is 0.377 e. The molecular formula is C19H18BrN3O. The zero-order valence-corrected chi connectivity index (χ0v) is 15.4. The number of carbonyl (C=O) groups is 1. The Morgan fingerprint density at radius 2 is 1.88 bits per heavy atom. The van der Waals surface area contributed by atoms with Crippen molar-refractivity contribution in [3.63, 3.8) is 0 Å². The van der Waals surface area contributed by atoms with Gasteiger partial charge in [0, 0.05) is 24.3 Å². The second kappa shape index (κ2) is 7.80. The van der Waals surface area contributed by atoms with Gasteiger partial charge in [-0.1, -0.05) is 23.8 Å². The third-order valence-corrected chi connectivity index (χ3v) is 4.07. The van der Waals surface area contributed by atoms with Crippen LogP contribution in [0.3, 0.4) is 0 Å². The van der Waals surface area contributed by atoms with Gasteiger partial charge in [0.05, 0.1) is 5.69 Å². The Morgan fingerprint density at radius 1 is 1.21 bits per heavy atom. The van der Waals surface area contributed by atoms with Crippen LogP contribution in [0.2, 0.25) is 0 Å². The van der Waals surface area contributed by atoms with Crippen LogP contribution >= 0.6 is 15.9 Å². The number of halogens is 1. The number of carbonyl (C=O) groups excluding carboxylic acids is 1. The Balaban J connectivity index is 2.22. The second-order valence-electron chi connectivity index (χ2n) is 5.60. The lowest BCUT2D eigenvalue weighted by Crippen LogP contribution is -2.13. The van der Waals surface area contributed by atoms with E-state index in [1.807, 2.05) is 74.5 Å². The Labute approximate surface area is 150 Å². The maximum absolute atomic E-state index is 12.3. The number of rotatable bonds is 4. The molecule has 0 heterocycles. The molecule has 0 unspecified atom stereocenters. The van der Waals surface area contributed by atoms with E-state index in [1.165, 1.54) is 0 Å². The maximum Gasteiger partial charge on any atom is 0.266 e. The van der Waals surface area contributed by atoms with Crippen molar-refractivity contribution in [2.24, 2.45) is 0 Å². The fourth-order valence-electron chi connectivity index (χ4n) is 2.13. The zero-order valence-electron chi connectivity index (χ0n) is 13.8. The third-order valence-electron chi connectivity index (χ3n) is 3.44. The summed E-state index contributed by atoms with van der Waals surface area (Å²) in [7, 11) is 3.90. The number of benzene rings is 2. The Hall–Kier alpha value is -2.58. The van der Waals surface area contributed by atoms with Crippen LogP contribution in [0.15, 0.2) is 52.5 Å². The molecule has 0 aliphatic heterocycles. The summed E-state index contributed by atoms with van der Waals surface area (Å²) >= 11 is 3.50. The summed E-state index contributed by atoms with van der Waals surface area (Å²) in [4.78, 5) is 14.3. The fraction of sp³-hybridized carbons (Fsp3) is 0.158. The van der Waals surface area contributed by atoms with Crippen molar-refractivity contribution in [1.29, 1.82) is 5.26 Å². The van der Waals surface area contributed by atoms with E-state index in [9.17, 15) is 10.1 Å². The molecule has 122 valence electrons. The molecule has 1 N–H and O–H groups in total. The minimum atomic E-state index is -0.422. The van der Waals surface area contributed by atoms with Crippen LogP contribution in [0.1, 0.15) is 11.1 Å². The van der Waals surface area contributed by atoms with E-state index in [1.54, 1.807) is 6.08 Å². The van der Waals surface area contributed by atoms with Gasteiger partial charge in [0.25, 0.3) is 5.91 Å². The van der Waals surface area contributed by atoms with Gasteiger partial charge in [-0.3, -0.25) is 4.79 Å². The number of hydrogen-bond acceptors (Lipinski definition) is 3.